The fourth-order valence-corrected chi connectivity index (χ4v) is 5.34. The van der Waals surface area contributed by atoms with E-state index in [-0.39, 0.29) is 36.3 Å². The molecule has 1 heterocycles. The molecule has 4 rings (SSSR count). The maximum absolute atomic E-state index is 13.6. The van der Waals surface area contributed by atoms with Crippen molar-refractivity contribution in [2.24, 2.45) is 5.92 Å². The van der Waals surface area contributed by atoms with Gasteiger partial charge in [0.2, 0.25) is 0 Å². The van der Waals surface area contributed by atoms with Crippen molar-refractivity contribution in [2.75, 3.05) is 13.1 Å². The quantitative estimate of drug-likeness (QED) is 0.403. The molecule has 0 aromatic heterocycles. The number of nitrogens with zero attached hydrogens (tertiary/aromatic N) is 1. The molecule has 0 bridgehead atoms. The lowest BCUT2D eigenvalue weighted by Crippen LogP contribution is -2.25. The Hall–Kier alpha value is -2.92. The molecule has 1 aliphatic carbocycles. The molecule has 39 heavy (non-hydrogen) atoms. The van der Waals surface area contributed by atoms with Crippen LogP contribution in [-0.2, 0) is 21.9 Å². The van der Waals surface area contributed by atoms with Crippen molar-refractivity contribution in [1.29, 1.82) is 0 Å². The minimum Gasteiger partial charge on any atom is -0.385 e. The molecule has 1 saturated heterocycles. The van der Waals surface area contributed by atoms with E-state index in [1.165, 1.54) is 19.1 Å². The van der Waals surface area contributed by atoms with Crippen molar-refractivity contribution < 1.29 is 45.4 Å². The lowest BCUT2D eigenvalue weighted by atomic mass is 9.95. The van der Waals surface area contributed by atoms with E-state index in [1.807, 2.05) is 18.7 Å². The molecule has 0 amide bonds. The van der Waals surface area contributed by atoms with E-state index >= 15 is 0 Å². The topological polar surface area (TPSA) is 49.8 Å². The standard InChI is InChI=1S/C28H28F7NO3/c1-14(2)25-22(11-23(37)26(25)38)36-12-21(16-4-6-20(29)7-5-16)24(13-36)39-15(3)17-8-18(27(30,31)32)10-19(9-17)28(33,34)35/h4-10,14-15,21,23-24,37H,11-13H2,1-3H3. The molecule has 2 aliphatic rings. The molecule has 4 unspecified atom stereocenters. The Bertz CT molecular complexity index is 1220. The molecular formula is C28H28F7NO3. The number of benzene rings is 2. The smallest absolute Gasteiger partial charge is 0.385 e. The molecule has 1 aliphatic heterocycles. The summed E-state index contributed by atoms with van der Waals surface area (Å²) in [6, 6.07) is 6.95. The molecule has 0 radical (unpaired) electrons. The maximum Gasteiger partial charge on any atom is 0.416 e. The van der Waals surface area contributed by atoms with Crippen LogP contribution >= 0.6 is 0 Å². The normalized spacial score (nSPS) is 23.3. The van der Waals surface area contributed by atoms with Crippen LogP contribution in [0.2, 0.25) is 0 Å². The van der Waals surface area contributed by atoms with Crippen molar-refractivity contribution in [1.82, 2.24) is 4.90 Å². The summed E-state index contributed by atoms with van der Waals surface area (Å²) >= 11 is 0. The second kappa shape index (κ2) is 10.6. The first-order valence-corrected chi connectivity index (χ1v) is 12.5. The van der Waals surface area contributed by atoms with E-state index < -0.39 is 53.5 Å². The van der Waals surface area contributed by atoms with Crippen LogP contribution < -0.4 is 0 Å². The maximum atomic E-state index is 13.6. The van der Waals surface area contributed by atoms with Gasteiger partial charge < -0.3 is 14.7 Å². The van der Waals surface area contributed by atoms with Crippen molar-refractivity contribution in [2.45, 2.75) is 63.8 Å². The van der Waals surface area contributed by atoms with Crippen LogP contribution in [0.3, 0.4) is 0 Å². The molecule has 0 spiro atoms. The molecule has 1 N–H and O–H groups in total. The first-order chi connectivity index (χ1) is 18.1. The number of aliphatic hydroxyl groups excluding tert-OH is 1. The van der Waals surface area contributed by atoms with Crippen LogP contribution in [0.25, 0.3) is 0 Å². The summed E-state index contributed by atoms with van der Waals surface area (Å²) in [4.78, 5) is 14.4. The third kappa shape index (κ3) is 6.14. The number of ether oxygens (including phenoxy) is 1. The zero-order valence-electron chi connectivity index (χ0n) is 21.4. The molecular weight excluding hydrogens is 531 g/mol. The Morgan fingerprint density at radius 3 is 2.00 bits per heavy atom. The Kier molecular flexibility index (Phi) is 7.88. The van der Waals surface area contributed by atoms with Gasteiger partial charge in [-0.3, -0.25) is 4.79 Å². The highest BCUT2D eigenvalue weighted by atomic mass is 19.4. The van der Waals surface area contributed by atoms with Gasteiger partial charge in [0.25, 0.3) is 0 Å². The van der Waals surface area contributed by atoms with Crippen LogP contribution in [0, 0.1) is 11.7 Å². The second-order valence-corrected chi connectivity index (χ2v) is 10.3. The summed E-state index contributed by atoms with van der Waals surface area (Å²) in [5.74, 6) is -1.47. The van der Waals surface area contributed by atoms with Gasteiger partial charge in [-0.2, -0.15) is 26.3 Å². The number of hydrogen-bond acceptors (Lipinski definition) is 4. The van der Waals surface area contributed by atoms with Crippen LogP contribution in [0.15, 0.2) is 53.7 Å². The number of ketones is 1. The summed E-state index contributed by atoms with van der Waals surface area (Å²) in [6.45, 7) is 5.48. The average molecular weight is 560 g/mol. The molecule has 2 aromatic rings. The number of halogens is 7. The number of aliphatic hydroxyl groups is 1. The summed E-state index contributed by atoms with van der Waals surface area (Å²) < 4.78 is 100. The predicted octanol–water partition coefficient (Wildman–Crippen LogP) is 6.65. The number of hydrogen-bond donors (Lipinski definition) is 1. The van der Waals surface area contributed by atoms with Crippen molar-refractivity contribution in [3.05, 3.63) is 81.8 Å². The highest BCUT2D eigenvalue weighted by Crippen LogP contribution is 2.42. The van der Waals surface area contributed by atoms with Gasteiger partial charge in [0.05, 0.1) is 23.3 Å². The van der Waals surface area contributed by atoms with Crippen molar-refractivity contribution in [3.63, 3.8) is 0 Å². The number of alkyl halides is 6. The number of carbonyl (C=O) groups is 1. The first kappa shape index (κ1) is 29.1. The van der Waals surface area contributed by atoms with Crippen LogP contribution in [-0.4, -0.2) is 41.1 Å². The Morgan fingerprint density at radius 1 is 0.923 bits per heavy atom. The van der Waals surface area contributed by atoms with E-state index in [2.05, 4.69) is 0 Å². The van der Waals surface area contributed by atoms with Gasteiger partial charge in [-0.25, -0.2) is 4.39 Å². The summed E-state index contributed by atoms with van der Waals surface area (Å²) in [5, 5.41) is 10.2. The molecule has 11 heteroatoms. The van der Waals surface area contributed by atoms with E-state index in [4.69, 9.17) is 4.74 Å². The average Bonchev–Trinajstić information content (AvgIpc) is 3.38. The lowest BCUT2D eigenvalue weighted by Gasteiger charge is -2.25. The largest absolute Gasteiger partial charge is 0.416 e. The minimum absolute atomic E-state index is 0.0666. The van der Waals surface area contributed by atoms with Gasteiger partial charge in [0.1, 0.15) is 11.9 Å². The zero-order chi connectivity index (χ0) is 28.9. The van der Waals surface area contributed by atoms with E-state index in [1.54, 1.807) is 12.1 Å². The SMILES string of the molecule is CC(C)C1=C(N2CC(OC(C)c3cc(C(F)(F)F)cc(C(F)(F)F)c3)C(c3ccc(F)cc3)C2)CC(O)C1=O. The molecule has 4 atom stereocenters. The third-order valence-corrected chi connectivity index (χ3v) is 7.25. The minimum atomic E-state index is -4.99. The van der Waals surface area contributed by atoms with Crippen molar-refractivity contribution >= 4 is 5.78 Å². The molecule has 0 saturated carbocycles. The van der Waals surface area contributed by atoms with Crippen LogP contribution in [0.5, 0.6) is 0 Å². The van der Waals surface area contributed by atoms with Crippen LogP contribution in [0.4, 0.5) is 30.7 Å². The monoisotopic (exact) mass is 559 g/mol. The highest BCUT2D eigenvalue weighted by Gasteiger charge is 2.43. The van der Waals surface area contributed by atoms with Gasteiger partial charge in [0.15, 0.2) is 5.78 Å². The summed E-state index contributed by atoms with van der Waals surface area (Å²) in [7, 11) is 0. The second-order valence-electron chi connectivity index (χ2n) is 10.3. The molecule has 4 nitrogen and oxygen atoms in total. The van der Waals surface area contributed by atoms with Gasteiger partial charge in [-0.15, -0.1) is 0 Å². The van der Waals surface area contributed by atoms with Gasteiger partial charge >= 0.3 is 12.4 Å². The lowest BCUT2D eigenvalue weighted by molar-refractivity contribution is -0.143. The third-order valence-electron chi connectivity index (χ3n) is 7.25. The molecule has 2 aromatic carbocycles. The fraction of sp³-hybridized carbons (Fsp3) is 0.464. The number of carbonyl (C=O) groups excluding carboxylic acids is 1. The van der Waals surface area contributed by atoms with E-state index in [0.717, 1.165) is 0 Å². The van der Waals surface area contributed by atoms with Gasteiger partial charge in [-0.05, 0) is 54.3 Å². The van der Waals surface area contributed by atoms with E-state index in [9.17, 15) is 40.6 Å². The Morgan fingerprint density at radius 2 is 1.49 bits per heavy atom. The summed E-state index contributed by atoms with van der Waals surface area (Å²) in [5.41, 5.74) is -1.39. The first-order valence-electron chi connectivity index (χ1n) is 12.5. The van der Waals surface area contributed by atoms with Crippen molar-refractivity contribution in [3.8, 4) is 0 Å². The number of likely N-dealkylation sites (tertiary alicyclic amines) is 1. The van der Waals surface area contributed by atoms with E-state index in [0.29, 0.717) is 35.5 Å². The summed E-state index contributed by atoms with van der Waals surface area (Å²) in [6.07, 6.45) is -13.0. The number of rotatable bonds is 6. The van der Waals surface area contributed by atoms with Crippen LogP contribution in [0.1, 0.15) is 61.5 Å². The Balaban J connectivity index is 1.69. The van der Waals surface area contributed by atoms with Gasteiger partial charge in [-0.1, -0.05) is 26.0 Å². The number of Topliss-reactive ketones (excluding diaryl/α,β-unsaturated/α-hetero) is 1. The fourth-order valence-electron chi connectivity index (χ4n) is 5.34. The van der Waals surface area contributed by atoms with Gasteiger partial charge in [0, 0.05) is 36.7 Å². The zero-order valence-corrected chi connectivity index (χ0v) is 21.4. The Labute approximate surface area is 221 Å². The predicted molar refractivity (Wildman–Crippen MR) is 128 cm³/mol. The molecule has 212 valence electrons. The highest BCUT2D eigenvalue weighted by molar-refractivity contribution is 6.02. The molecule has 1 fully saturated rings.